The van der Waals surface area contributed by atoms with E-state index in [9.17, 15) is 9.59 Å². The lowest BCUT2D eigenvalue weighted by atomic mass is 10.1. The number of hydrogen-bond acceptors (Lipinski definition) is 3. The fraction of sp³-hybridized carbons (Fsp3) is 0.500. The highest BCUT2D eigenvalue weighted by atomic mass is 35.5. The molecule has 1 aromatic rings. The Labute approximate surface area is 137 Å². The molecule has 122 valence electrons. The summed E-state index contributed by atoms with van der Waals surface area (Å²) in [5, 5.41) is 9.04. The normalized spacial score (nSPS) is 16.7. The quantitative estimate of drug-likeness (QED) is 0.753. The van der Waals surface area contributed by atoms with Gasteiger partial charge < -0.3 is 16.0 Å². The molecule has 1 aliphatic heterocycles. The van der Waals surface area contributed by atoms with Gasteiger partial charge in [0.15, 0.2) is 0 Å². The summed E-state index contributed by atoms with van der Waals surface area (Å²) in [5.74, 6) is 0.0184. The Bertz CT molecular complexity index is 485. The summed E-state index contributed by atoms with van der Waals surface area (Å²) in [5.41, 5.74) is 1.50. The number of benzene rings is 1. The summed E-state index contributed by atoms with van der Waals surface area (Å²) in [6, 6.07) is 7.68. The average Bonchev–Trinajstić information content (AvgIpc) is 3.00. The molecular formula is C16H24ClN3O2. The molecule has 0 bridgehead atoms. The summed E-state index contributed by atoms with van der Waals surface area (Å²) in [6.07, 6.45) is 4.24. The van der Waals surface area contributed by atoms with Gasteiger partial charge in [-0.3, -0.25) is 9.59 Å². The van der Waals surface area contributed by atoms with Gasteiger partial charge in [-0.2, -0.15) is 0 Å². The zero-order valence-electron chi connectivity index (χ0n) is 12.9. The first kappa shape index (κ1) is 18.5. The maximum absolute atomic E-state index is 11.9. The maximum atomic E-state index is 11.9. The van der Waals surface area contributed by atoms with E-state index in [1.807, 2.05) is 6.92 Å². The van der Waals surface area contributed by atoms with Crippen LogP contribution in [0.25, 0.3) is 0 Å². The minimum atomic E-state index is -0.0177. The van der Waals surface area contributed by atoms with Gasteiger partial charge in [-0.1, -0.05) is 6.92 Å². The molecule has 2 rings (SSSR count). The minimum Gasteiger partial charge on any atom is -0.326 e. The van der Waals surface area contributed by atoms with Crippen LogP contribution in [0, 0.1) is 0 Å². The molecule has 1 unspecified atom stereocenters. The van der Waals surface area contributed by atoms with Crippen molar-refractivity contribution in [1.29, 1.82) is 0 Å². The summed E-state index contributed by atoms with van der Waals surface area (Å²) in [7, 11) is 0. The highest BCUT2D eigenvalue weighted by molar-refractivity contribution is 5.92. The molecule has 22 heavy (non-hydrogen) atoms. The van der Waals surface area contributed by atoms with Crippen molar-refractivity contribution in [2.45, 2.75) is 45.1 Å². The van der Waals surface area contributed by atoms with Crippen LogP contribution in [-0.4, -0.2) is 24.4 Å². The number of nitrogens with one attached hydrogen (secondary N) is 3. The van der Waals surface area contributed by atoms with Gasteiger partial charge in [-0.15, -0.1) is 12.4 Å². The Kier molecular flexibility index (Phi) is 7.91. The molecule has 2 amide bonds. The lowest BCUT2D eigenvalue weighted by Gasteiger charge is -2.10. The molecule has 1 fully saturated rings. The predicted molar refractivity (Wildman–Crippen MR) is 91.5 cm³/mol. The zero-order chi connectivity index (χ0) is 15.1. The van der Waals surface area contributed by atoms with E-state index in [4.69, 9.17) is 0 Å². The van der Waals surface area contributed by atoms with Crippen LogP contribution < -0.4 is 16.0 Å². The second kappa shape index (κ2) is 9.43. The standard InChI is InChI=1S/C16H23N3O2.ClH/c1-2-15(20)18-13-5-7-14(8-6-13)19-16(21)10-9-12-4-3-11-17-12;/h5-8,12,17H,2-4,9-11H2,1H3,(H,18,20)(H,19,21);1H. The third kappa shape index (κ3) is 6.03. The Morgan fingerprint density at radius 3 is 2.23 bits per heavy atom. The summed E-state index contributed by atoms with van der Waals surface area (Å²) in [6.45, 7) is 2.88. The van der Waals surface area contributed by atoms with E-state index in [1.54, 1.807) is 24.3 Å². The highest BCUT2D eigenvalue weighted by Crippen LogP contribution is 2.15. The van der Waals surface area contributed by atoms with E-state index in [1.165, 1.54) is 12.8 Å². The fourth-order valence-electron chi connectivity index (χ4n) is 2.42. The third-order valence-corrected chi connectivity index (χ3v) is 3.66. The van der Waals surface area contributed by atoms with Gasteiger partial charge in [0, 0.05) is 30.3 Å². The Morgan fingerprint density at radius 1 is 1.14 bits per heavy atom. The van der Waals surface area contributed by atoms with E-state index in [-0.39, 0.29) is 24.2 Å². The van der Waals surface area contributed by atoms with Crippen LogP contribution in [0.5, 0.6) is 0 Å². The van der Waals surface area contributed by atoms with E-state index >= 15 is 0 Å². The first-order valence-electron chi connectivity index (χ1n) is 7.60. The molecule has 0 saturated carbocycles. The molecule has 1 aliphatic rings. The summed E-state index contributed by atoms with van der Waals surface area (Å²) >= 11 is 0. The monoisotopic (exact) mass is 325 g/mol. The van der Waals surface area contributed by atoms with Gasteiger partial charge >= 0.3 is 0 Å². The molecule has 0 spiro atoms. The first-order valence-corrected chi connectivity index (χ1v) is 7.60. The number of anilines is 2. The van der Waals surface area contributed by atoms with Crippen LogP contribution in [0.4, 0.5) is 11.4 Å². The van der Waals surface area contributed by atoms with E-state index in [0.717, 1.165) is 24.3 Å². The van der Waals surface area contributed by atoms with E-state index in [0.29, 0.717) is 18.9 Å². The van der Waals surface area contributed by atoms with Crippen molar-refractivity contribution >= 4 is 35.6 Å². The van der Waals surface area contributed by atoms with Crippen molar-refractivity contribution in [2.75, 3.05) is 17.2 Å². The Balaban J connectivity index is 0.00000242. The maximum Gasteiger partial charge on any atom is 0.224 e. The molecule has 0 radical (unpaired) electrons. The lowest BCUT2D eigenvalue weighted by molar-refractivity contribution is -0.117. The topological polar surface area (TPSA) is 70.2 Å². The third-order valence-electron chi connectivity index (χ3n) is 3.66. The molecule has 1 atom stereocenters. The van der Waals surface area contributed by atoms with Crippen molar-refractivity contribution < 1.29 is 9.59 Å². The van der Waals surface area contributed by atoms with Crippen LogP contribution in [0.3, 0.4) is 0 Å². The zero-order valence-corrected chi connectivity index (χ0v) is 13.7. The summed E-state index contributed by atoms with van der Waals surface area (Å²) in [4.78, 5) is 23.1. The second-order valence-electron chi connectivity index (χ2n) is 5.36. The van der Waals surface area contributed by atoms with Crippen LogP contribution in [0.2, 0.25) is 0 Å². The van der Waals surface area contributed by atoms with Gasteiger partial charge in [0.1, 0.15) is 0 Å². The van der Waals surface area contributed by atoms with Crippen LogP contribution in [0.1, 0.15) is 39.0 Å². The van der Waals surface area contributed by atoms with Crippen molar-refractivity contribution in [3.8, 4) is 0 Å². The molecule has 0 aromatic heterocycles. The van der Waals surface area contributed by atoms with E-state index < -0.39 is 0 Å². The van der Waals surface area contributed by atoms with Crippen molar-refractivity contribution in [3.05, 3.63) is 24.3 Å². The molecule has 1 saturated heterocycles. The first-order chi connectivity index (χ1) is 10.2. The number of carbonyl (C=O) groups is 2. The molecule has 3 N–H and O–H groups in total. The van der Waals surface area contributed by atoms with Crippen molar-refractivity contribution in [3.63, 3.8) is 0 Å². The minimum absolute atomic E-state index is 0. The van der Waals surface area contributed by atoms with Gasteiger partial charge in [0.25, 0.3) is 0 Å². The molecule has 5 nitrogen and oxygen atoms in total. The molecule has 0 aliphatic carbocycles. The Hall–Kier alpha value is -1.59. The lowest BCUT2D eigenvalue weighted by Crippen LogP contribution is -2.23. The van der Waals surface area contributed by atoms with Crippen LogP contribution >= 0.6 is 12.4 Å². The number of hydrogen-bond donors (Lipinski definition) is 3. The molecule has 1 aromatic carbocycles. The largest absolute Gasteiger partial charge is 0.326 e. The number of amides is 2. The second-order valence-corrected chi connectivity index (χ2v) is 5.36. The van der Waals surface area contributed by atoms with Gasteiger partial charge in [0.2, 0.25) is 11.8 Å². The number of carbonyl (C=O) groups excluding carboxylic acids is 2. The predicted octanol–water partition coefficient (Wildman–Crippen LogP) is 2.93. The van der Waals surface area contributed by atoms with Crippen molar-refractivity contribution in [1.82, 2.24) is 5.32 Å². The smallest absolute Gasteiger partial charge is 0.224 e. The fourth-order valence-corrected chi connectivity index (χ4v) is 2.42. The molecular weight excluding hydrogens is 302 g/mol. The molecule has 6 heteroatoms. The van der Waals surface area contributed by atoms with Crippen LogP contribution in [0.15, 0.2) is 24.3 Å². The Morgan fingerprint density at radius 2 is 1.73 bits per heavy atom. The number of rotatable bonds is 6. The SMILES string of the molecule is CCC(=O)Nc1ccc(NC(=O)CCC2CCCN2)cc1.Cl. The highest BCUT2D eigenvalue weighted by Gasteiger charge is 2.15. The van der Waals surface area contributed by atoms with Crippen molar-refractivity contribution in [2.24, 2.45) is 0 Å². The summed E-state index contributed by atoms with van der Waals surface area (Å²) < 4.78 is 0. The van der Waals surface area contributed by atoms with Crippen LogP contribution in [-0.2, 0) is 9.59 Å². The average molecular weight is 326 g/mol. The van der Waals surface area contributed by atoms with Gasteiger partial charge in [0.05, 0.1) is 0 Å². The van der Waals surface area contributed by atoms with E-state index in [2.05, 4.69) is 16.0 Å². The van der Waals surface area contributed by atoms with Gasteiger partial charge in [-0.05, 0) is 50.1 Å². The van der Waals surface area contributed by atoms with Gasteiger partial charge in [-0.25, -0.2) is 0 Å². The molecule has 1 heterocycles. The number of halogens is 1.